The van der Waals surface area contributed by atoms with Crippen LogP contribution in [0.3, 0.4) is 0 Å². The predicted molar refractivity (Wildman–Crippen MR) is 46.8 cm³/mol. The summed E-state index contributed by atoms with van der Waals surface area (Å²) in [5.41, 5.74) is -0.447. The zero-order chi connectivity index (χ0) is 9.19. The maximum absolute atomic E-state index is 11.4. The van der Waals surface area contributed by atoms with E-state index in [1.54, 1.807) is 6.08 Å². The van der Waals surface area contributed by atoms with Gasteiger partial charge in [-0.15, -0.1) is 6.58 Å². The quantitative estimate of drug-likeness (QED) is 0.463. The molecule has 1 saturated carbocycles. The van der Waals surface area contributed by atoms with Gasteiger partial charge < -0.3 is 0 Å². The molecule has 0 radical (unpaired) electrons. The van der Waals surface area contributed by atoms with E-state index < -0.39 is 5.41 Å². The Hall–Kier alpha value is -0.920. The topological polar surface area (TPSA) is 34.1 Å². The minimum Gasteiger partial charge on any atom is -0.291 e. The first-order chi connectivity index (χ1) is 5.60. The third kappa shape index (κ3) is 1.47. The average Bonchev–Trinajstić information content (AvgIpc) is 2.01. The van der Waals surface area contributed by atoms with E-state index in [9.17, 15) is 9.59 Å². The highest BCUT2D eigenvalue weighted by Crippen LogP contribution is 2.34. The summed E-state index contributed by atoms with van der Waals surface area (Å²) in [6, 6.07) is 0. The van der Waals surface area contributed by atoms with Crippen molar-refractivity contribution in [3.05, 3.63) is 12.7 Å². The fourth-order valence-corrected chi connectivity index (χ4v) is 1.72. The molecule has 1 unspecified atom stereocenters. The Labute approximate surface area is 72.7 Å². The van der Waals surface area contributed by atoms with Gasteiger partial charge in [-0.05, 0) is 19.3 Å². The van der Waals surface area contributed by atoms with Crippen molar-refractivity contribution in [3.8, 4) is 0 Å². The van der Waals surface area contributed by atoms with Gasteiger partial charge in [-0.3, -0.25) is 9.59 Å². The van der Waals surface area contributed by atoms with Gasteiger partial charge in [0.15, 0.2) is 5.78 Å². The average molecular weight is 166 g/mol. The highest BCUT2D eigenvalue weighted by Gasteiger charge is 2.38. The highest BCUT2D eigenvalue weighted by atomic mass is 16.2. The van der Waals surface area contributed by atoms with E-state index in [0.717, 1.165) is 12.8 Å². The Balaban J connectivity index is 2.80. The van der Waals surface area contributed by atoms with Crippen molar-refractivity contribution in [3.63, 3.8) is 0 Å². The summed E-state index contributed by atoms with van der Waals surface area (Å²) in [6.07, 6.45) is 4.44. The fraction of sp³-hybridized carbons (Fsp3) is 0.600. The Morgan fingerprint density at radius 1 is 1.58 bits per heavy atom. The maximum Gasteiger partial charge on any atom is 0.204 e. The summed E-state index contributed by atoms with van der Waals surface area (Å²) in [4.78, 5) is 22.5. The third-order valence-electron chi connectivity index (χ3n) is 2.53. The number of hydrogen-bond donors (Lipinski definition) is 0. The Morgan fingerprint density at radius 3 is 2.83 bits per heavy atom. The van der Waals surface area contributed by atoms with Crippen LogP contribution in [0.2, 0.25) is 0 Å². The van der Waals surface area contributed by atoms with Crippen molar-refractivity contribution in [2.75, 3.05) is 0 Å². The summed E-state index contributed by atoms with van der Waals surface area (Å²) in [5.74, 6) is -0.403. The molecule has 1 atom stereocenters. The smallest absolute Gasteiger partial charge is 0.204 e. The first-order valence-corrected chi connectivity index (χ1v) is 4.29. The summed E-state index contributed by atoms with van der Waals surface area (Å²) >= 11 is 0. The van der Waals surface area contributed by atoms with Crippen LogP contribution in [0.4, 0.5) is 0 Å². The number of ketones is 2. The first kappa shape index (κ1) is 9.17. The van der Waals surface area contributed by atoms with Crippen molar-refractivity contribution >= 4 is 11.6 Å². The Bertz CT molecular complexity index is 230. The van der Waals surface area contributed by atoms with Gasteiger partial charge in [0.2, 0.25) is 5.78 Å². The summed E-state index contributed by atoms with van der Waals surface area (Å²) in [5, 5.41) is 0. The Kier molecular flexibility index (Phi) is 2.46. The van der Waals surface area contributed by atoms with Crippen LogP contribution in [0.5, 0.6) is 0 Å². The third-order valence-corrected chi connectivity index (χ3v) is 2.53. The molecule has 0 aromatic heterocycles. The van der Waals surface area contributed by atoms with Crippen molar-refractivity contribution < 1.29 is 9.59 Å². The van der Waals surface area contributed by atoms with E-state index in [1.807, 2.05) is 6.92 Å². The van der Waals surface area contributed by atoms with Gasteiger partial charge in [0.25, 0.3) is 0 Å². The lowest BCUT2D eigenvalue weighted by molar-refractivity contribution is -0.144. The number of Topliss-reactive ketones (excluding diaryl/α,β-unsaturated/α-hetero) is 2. The molecule has 0 aromatic carbocycles. The van der Waals surface area contributed by atoms with Gasteiger partial charge in [0, 0.05) is 11.8 Å². The number of carbonyl (C=O) groups excluding carboxylic acids is 2. The number of hydrogen-bond acceptors (Lipinski definition) is 2. The zero-order valence-corrected chi connectivity index (χ0v) is 7.43. The van der Waals surface area contributed by atoms with Crippen molar-refractivity contribution in [1.29, 1.82) is 0 Å². The maximum atomic E-state index is 11.4. The molecule has 0 aliphatic heterocycles. The van der Waals surface area contributed by atoms with E-state index in [-0.39, 0.29) is 11.6 Å². The van der Waals surface area contributed by atoms with Crippen LogP contribution < -0.4 is 0 Å². The lowest BCUT2D eigenvalue weighted by Crippen LogP contribution is -2.37. The second kappa shape index (κ2) is 3.21. The largest absolute Gasteiger partial charge is 0.291 e. The molecule has 2 nitrogen and oxygen atoms in total. The molecular weight excluding hydrogens is 152 g/mol. The molecule has 66 valence electrons. The van der Waals surface area contributed by atoms with E-state index in [0.29, 0.717) is 12.8 Å². The fourth-order valence-electron chi connectivity index (χ4n) is 1.72. The number of rotatable bonds is 2. The van der Waals surface area contributed by atoms with Crippen LogP contribution in [-0.2, 0) is 9.59 Å². The van der Waals surface area contributed by atoms with E-state index in [4.69, 9.17) is 0 Å². The molecule has 1 aliphatic rings. The normalized spacial score (nSPS) is 30.4. The van der Waals surface area contributed by atoms with Gasteiger partial charge in [0.05, 0.1) is 0 Å². The molecule has 1 aliphatic carbocycles. The molecule has 0 N–H and O–H groups in total. The van der Waals surface area contributed by atoms with Gasteiger partial charge in [-0.2, -0.15) is 0 Å². The van der Waals surface area contributed by atoms with Crippen LogP contribution in [0.1, 0.15) is 32.6 Å². The molecule has 1 fully saturated rings. The molecule has 0 aromatic rings. The molecule has 0 spiro atoms. The standard InChI is InChI=1S/C10H14O2/c1-3-6-10(2)7-4-5-8(11)9(10)12/h3H,1,4-7H2,2H3. The second-order valence-corrected chi connectivity index (χ2v) is 3.66. The molecule has 0 heterocycles. The SMILES string of the molecule is C=CCC1(C)CCCC(=O)C1=O. The predicted octanol–water partition coefficient (Wildman–Crippen LogP) is 1.89. The molecule has 12 heavy (non-hydrogen) atoms. The molecule has 0 amide bonds. The minimum atomic E-state index is -0.447. The highest BCUT2D eigenvalue weighted by molar-refractivity contribution is 6.39. The lowest BCUT2D eigenvalue weighted by Gasteiger charge is -2.29. The monoisotopic (exact) mass is 166 g/mol. The van der Waals surface area contributed by atoms with Gasteiger partial charge >= 0.3 is 0 Å². The number of carbonyl (C=O) groups is 2. The second-order valence-electron chi connectivity index (χ2n) is 3.66. The van der Waals surface area contributed by atoms with E-state index in [1.165, 1.54) is 0 Å². The lowest BCUT2D eigenvalue weighted by atomic mass is 9.72. The molecular formula is C10H14O2. The number of allylic oxidation sites excluding steroid dienone is 1. The summed E-state index contributed by atoms with van der Waals surface area (Å²) < 4.78 is 0. The van der Waals surface area contributed by atoms with Crippen molar-refractivity contribution in [1.82, 2.24) is 0 Å². The molecule has 2 heteroatoms. The van der Waals surface area contributed by atoms with E-state index >= 15 is 0 Å². The van der Waals surface area contributed by atoms with Crippen molar-refractivity contribution in [2.45, 2.75) is 32.6 Å². The van der Waals surface area contributed by atoms with Gasteiger partial charge in [-0.25, -0.2) is 0 Å². The molecule has 0 saturated heterocycles. The zero-order valence-electron chi connectivity index (χ0n) is 7.43. The van der Waals surface area contributed by atoms with Crippen LogP contribution in [0.25, 0.3) is 0 Å². The molecule has 0 bridgehead atoms. The van der Waals surface area contributed by atoms with Crippen LogP contribution in [0, 0.1) is 5.41 Å². The van der Waals surface area contributed by atoms with Crippen LogP contribution >= 0.6 is 0 Å². The van der Waals surface area contributed by atoms with Crippen molar-refractivity contribution in [2.24, 2.45) is 5.41 Å². The summed E-state index contributed by atoms with van der Waals surface area (Å²) in [7, 11) is 0. The van der Waals surface area contributed by atoms with Gasteiger partial charge in [0.1, 0.15) is 0 Å². The van der Waals surface area contributed by atoms with E-state index in [2.05, 4.69) is 6.58 Å². The first-order valence-electron chi connectivity index (χ1n) is 4.29. The van der Waals surface area contributed by atoms with Gasteiger partial charge in [-0.1, -0.05) is 13.0 Å². The minimum absolute atomic E-state index is 0.200. The Morgan fingerprint density at radius 2 is 2.25 bits per heavy atom. The molecule has 1 rings (SSSR count). The van der Waals surface area contributed by atoms with Crippen LogP contribution in [-0.4, -0.2) is 11.6 Å². The van der Waals surface area contributed by atoms with Crippen LogP contribution in [0.15, 0.2) is 12.7 Å². The summed E-state index contributed by atoms with van der Waals surface area (Å²) in [6.45, 7) is 5.45.